The van der Waals surface area contributed by atoms with Crippen LogP contribution in [0.4, 0.5) is 0 Å². The Morgan fingerprint density at radius 2 is 2.20 bits per heavy atom. The predicted molar refractivity (Wildman–Crippen MR) is 53.6 cm³/mol. The van der Waals surface area contributed by atoms with E-state index in [1.165, 1.54) is 12.5 Å². The zero-order valence-corrected chi connectivity index (χ0v) is 8.25. The van der Waals surface area contributed by atoms with E-state index in [9.17, 15) is 5.11 Å². The summed E-state index contributed by atoms with van der Waals surface area (Å²) in [5, 5.41) is 9.90. The highest BCUT2D eigenvalue weighted by Crippen LogP contribution is 2.22. The molecule has 4 nitrogen and oxygen atoms in total. The van der Waals surface area contributed by atoms with Gasteiger partial charge in [-0.1, -0.05) is 0 Å². The fourth-order valence-corrected chi connectivity index (χ4v) is 1.30. The summed E-state index contributed by atoms with van der Waals surface area (Å²) in [5.74, 6) is 0.526. The van der Waals surface area contributed by atoms with Gasteiger partial charge in [-0.05, 0) is 12.1 Å². The maximum atomic E-state index is 9.90. The maximum Gasteiger partial charge on any atom is 0.212 e. The third-order valence-corrected chi connectivity index (χ3v) is 2.14. The van der Waals surface area contributed by atoms with Gasteiger partial charge in [0.05, 0.1) is 19.6 Å². The maximum absolute atomic E-state index is 9.90. The van der Waals surface area contributed by atoms with E-state index in [2.05, 4.69) is 4.98 Å². The van der Waals surface area contributed by atoms with Gasteiger partial charge in [0.25, 0.3) is 0 Å². The largest absolute Gasteiger partial charge is 0.481 e. The first kappa shape index (κ1) is 9.73. The Labute approximate surface area is 87.1 Å². The second kappa shape index (κ2) is 4.14. The van der Waals surface area contributed by atoms with Crippen LogP contribution in [0.5, 0.6) is 5.88 Å². The van der Waals surface area contributed by atoms with Gasteiger partial charge in [0.2, 0.25) is 5.88 Å². The van der Waals surface area contributed by atoms with Crippen molar-refractivity contribution in [2.45, 2.75) is 6.10 Å². The third kappa shape index (κ3) is 1.99. The zero-order valence-electron chi connectivity index (χ0n) is 8.25. The van der Waals surface area contributed by atoms with Crippen LogP contribution in [-0.2, 0) is 0 Å². The molecular formula is C11H11NO3. The molecule has 2 rings (SSSR count). The van der Waals surface area contributed by atoms with E-state index in [1.807, 2.05) is 0 Å². The highest BCUT2D eigenvalue weighted by atomic mass is 16.5. The Hall–Kier alpha value is -1.81. The van der Waals surface area contributed by atoms with Crippen molar-refractivity contribution in [3.8, 4) is 5.88 Å². The molecule has 0 bridgehead atoms. The molecule has 1 atom stereocenters. The van der Waals surface area contributed by atoms with E-state index in [0.717, 1.165) is 0 Å². The van der Waals surface area contributed by atoms with Gasteiger partial charge in [0.15, 0.2) is 0 Å². The Bertz CT molecular complexity index is 408. The molecule has 0 radical (unpaired) electrons. The lowest BCUT2D eigenvalue weighted by molar-refractivity contribution is 0.218. The molecule has 0 aliphatic carbocycles. The SMILES string of the molecule is COc1ccc(C(O)c2ccoc2)cn1. The molecule has 2 aromatic rings. The third-order valence-electron chi connectivity index (χ3n) is 2.14. The molecule has 1 N–H and O–H groups in total. The summed E-state index contributed by atoms with van der Waals surface area (Å²) in [6, 6.07) is 5.19. The van der Waals surface area contributed by atoms with Crippen LogP contribution in [0.15, 0.2) is 41.3 Å². The first-order chi connectivity index (χ1) is 7.31. The van der Waals surface area contributed by atoms with Gasteiger partial charge in [0.1, 0.15) is 6.10 Å². The molecule has 0 amide bonds. The number of hydrogen-bond acceptors (Lipinski definition) is 4. The smallest absolute Gasteiger partial charge is 0.212 e. The quantitative estimate of drug-likeness (QED) is 0.829. The molecule has 0 aliphatic heterocycles. The molecule has 1 unspecified atom stereocenters. The van der Waals surface area contributed by atoms with Crippen molar-refractivity contribution < 1.29 is 14.3 Å². The Morgan fingerprint density at radius 1 is 1.33 bits per heavy atom. The predicted octanol–water partition coefficient (Wildman–Crippen LogP) is 1.76. The van der Waals surface area contributed by atoms with Crippen molar-refractivity contribution in [1.82, 2.24) is 4.98 Å². The Morgan fingerprint density at radius 3 is 2.73 bits per heavy atom. The second-order valence-corrected chi connectivity index (χ2v) is 3.09. The van der Waals surface area contributed by atoms with Gasteiger partial charge in [0, 0.05) is 23.4 Å². The van der Waals surface area contributed by atoms with Crippen molar-refractivity contribution >= 4 is 0 Å². The van der Waals surface area contributed by atoms with E-state index in [1.54, 1.807) is 31.5 Å². The fourth-order valence-electron chi connectivity index (χ4n) is 1.30. The minimum absolute atomic E-state index is 0.526. The number of aromatic nitrogens is 1. The van der Waals surface area contributed by atoms with Gasteiger partial charge < -0.3 is 14.3 Å². The molecule has 0 aliphatic rings. The van der Waals surface area contributed by atoms with E-state index in [-0.39, 0.29) is 0 Å². The number of aliphatic hydroxyl groups is 1. The lowest BCUT2D eigenvalue weighted by Crippen LogP contribution is -1.99. The van der Waals surface area contributed by atoms with E-state index >= 15 is 0 Å². The Kier molecular flexibility index (Phi) is 2.69. The fraction of sp³-hybridized carbons (Fsp3) is 0.182. The van der Waals surface area contributed by atoms with Crippen molar-refractivity contribution in [3.05, 3.63) is 48.0 Å². The molecule has 0 fully saturated rings. The normalized spacial score (nSPS) is 12.4. The minimum Gasteiger partial charge on any atom is -0.481 e. The van der Waals surface area contributed by atoms with Crippen LogP contribution in [0.3, 0.4) is 0 Å². The second-order valence-electron chi connectivity index (χ2n) is 3.09. The lowest BCUT2D eigenvalue weighted by Gasteiger charge is -2.08. The van der Waals surface area contributed by atoms with Crippen LogP contribution in [0, 0.1) is 0 Å². The minimum atomic E-state index is -0.706. The first-order valence-electron chi connectivity index (χ1n) is 4.51. The number of pyridine rings is 1. The Balaban J connectivity index is 2.22. The molecule has 0 saturated carbocycles. The van der Waals surface area contributed by atoms with Crippen molar-refractivity contribution in [2.24, 2.45) is 0 Å². The summed E-state index contributed by atoms with van der Waals surface area (Å²) in [4.78, 5) is 4.02. The lowest BCUT2D eigenvalue weighted by atomic mass is 10.1. The van der Waals surface area contributed by atoms with Gasteiger partial charge >= 0.3 is 0 Å². The van der Waals surface area contributed by atoms with Crippen LogP contribution in [0.1, 0.15) is 17.2 Å². The van der Waals surface area contributed by atoms with Crippen molar-refractivity contribution in [3.63, 3.8) is 0 Å². The van der Waals surface area contributed by atoms with E-state index in [4.69, 9.17) is 9.15 Å². The number of nitrogens with zero attached hydrogens (tertiary/aromatic N) is 1. The summed E-state index contributed by atoms with van der Waals surface area (Å²) in [6.45, 7) is 0. The number of rotatable bonds is 3. The number of aliphatic hydroxyl groups excluding tert-OH is 1. The molecule has 0 aromatic carbocycles. The van der Waals surface area contributed by atoms with Gasteiger partial charge in [-0.15, -0.1) is 0 Å². The van der Waals surface area contributed by atoms with Crippen molar-refractivity contribution in [1.29, 1.82) is 0 Å². The first-order valence-corrected chi connectivity index (χ1v) is 4.51. The standard InChI is InChI=1S/C11H11NO3/c1-14-10-3-2-8(6-12-10)11(13)9-4-5-15-7-9/h2-7,11,13H,1H3. The molecule has 0 spiro atoms. The molecule has 0 saturated heterocycles. The average Bonchev–Trinajstić information content (AvgIpc) is 2.82. The van der Waals surface area contributed by atoms with Crippen LogP contribution in [0.2, 0.25) is 0 Å². The van der Waals surface area contributed by atoms with Crippen LogP contribution < -0.4 is 4.74 Å². The van der Waals surface area contributed by atoms with Gasteiger partial charge in [-0.25, -0.2) is 4.98 Å². The number of ether oxygens (including phenoxy) is 1. The number of hydrogen-bond donors (Lipinski definition) is 1. The summed E-state index contributed by atoms with van der Waals surface area (Å²) in [7, 11) is 1.55. The van der Waals surface area contributed by atoms with E-state index in [0.29, 0.717) is 17.0 Å². The summed E-state index contributed by atoms with van der Waals surface area (Å²) >= 11 is 0. The van der Waals surface area contributed by atoms with Crippen LogP contribution in [-0.4, -0.2) is 17.2 Å². The van der Waals surface area contributed by atoms with Crippen molar-refractivity contribution in [2.75, 3.05) is 7.11 Å². The monoisotopic (exact) mass is 205 g/mol. The number of methoxy groups -OCH3 is 1. The van der Waals surface area contributed by atoms with Gasteiger partial charge in [-0.2, -0.15) is 0 Å². The summed E-state index contributed by atoms with van der Waals surface area (Å²) in [5.41, 5.74) is 1.42. The van der Waals surface area contributed by atoms with E-state index < -0.39 is 6.10 Å². The highest BCUT2D eigenvalue weighted by molar-refractivity contribution is 5.27. The summed E-state index contributed by atoms with van der Waals surface area (Å²) in [6.07, 6.45) is 3.91. The van der Waals surface area contributed by atoms with Gasteiger partial charge in [-0.3, -0.25) is 0 Å². The molecule has 78 valence electrons. The van der Waals surface area contributed by atoms with Crippen LogP contribution in [0.25, 0.3) is 0 Å². The zero-order chi connectivity index (χ0) is 10.7. The molecule has 15 heavy (non-hydrogen) atoms. The number of furan rings is 1. The van der Waals surface area contributed by atoms with Crippen LogP contribution >= 0.6 is 0 Å². The summed E-state index contributed by atoms with van der Waals surface area (Å²) < 4.78 is 9.83. The highest BCUT2D eigenvalue weighted by Gasteiger charge is 2.11. The molecule has 2 aromatic heterocycles. The molecule has 4 heteroatoms. The molecule has 2 heterocycles. The average molecular weight is 205 g/mol. The molecular weight excluding hydrogens is 194 g/mol. The topological polar surface area (TPSA) is 55.5 Å².